The number of nitrogens with one attached hydrogen (secondary N) is 1. The van der Waals surface area contributed by atoms with Crippen LogP contribution in [0.3, 0.4) is 0 Å². The molecule has 0 aromatic carbocycles. The first-order chi connectivity index (χ1) is 7.72. The third-order valence-corrected chi connectivity index (χ3v) is 3.28. The number of fused-ring (bicyclic) bond motifs is 1. The second kappa shape index (κ2) is 4.49. The summed E-state index contributed by atoms with van der Waals surface area (Å²) in [5, 5.41) is 14.9. The van der Waals surface area contributed by atoms with Gasteiger partial charge in [0.05, 0.1) is 0 Å². The van der Waals surface area contributed by atoms with Crippen molar-refractivity contribution in [3.05, 3.63) is 23.7 Å². The van der Waals surface area contributed by atoms with Crippen LogP contribution in [-0.4, -0.2) is 22.1 Å². The van der Waals surface area contributed by atoms with Gasteiger partial charge in [0.25, 0.3) is 0 Å². The zero-order valence-electron chi connectivity index (χ0n) is 8.80. The number of aromatic nitrogens is 1. The van der Waals surface area contributed by atoms with Crippen LogP contribution in [0.4, 0.5) is 5.82 Å². The summed E-state index contributed by atoms with van der Waals surface area (Å²) in [5.41, 5.74) is 0. The molecule has 2 aromatic heterocycles. The van der Waals surface area contributed by atoms with E-state index in [1.165, 1.54) is 0 Å². The normalized spacial score (nSPS) is 12.6. The highest BCUT2D eigenvalue weighted by molar-refractivity contribution is 7.17. The van der Waals surface area contributed by atoms with Crippen LogP contribution < -0.4 is 5.32 Å². The smallest absolute Gasteiger partial charge is 0.326 e. The number of hydrogen-bond acceptors (Lipinski definition) is 4. The first-order valence-corrected chi connectivity index (χ1v) is 5.92. The average Bonchev–Trinajstić information content (AvgIpc) is 2.73. The highest BCUT2D eigenvalue weighted by Crippen LogP contribution is 2.26. The minimum Gasteiger partial charge on any atom is -0.480 e. The van der Waals surface area contributed by atoms with Crippen LogP contribution in [0.25, 0.3) is 10.1 Å². The standard InChI is InChI=1S/C11H12N2O2S/c1-2-8(11(14)15)13-10-7-4-6-16-9(7)3-5-12-10/h3-6,8H,2H2,1H3,(H,12,13)(H,14,15). The van der Waals surface area contributed by atoms with Crippen molar-refractivity contribution in [2.24, 2.45) is 0 Å². The van der Waals surface area contributed by atoms with E-state index in [0.717, 1.165) is 10.1 Å². The molecule has 0 spiro atoms. The van der Waals surface area contributed by atoms with Crippen LogP contribution in [0.15, 0.2) is 23.7 Å². The molecule has 1 atom stereocenters. The topological polar surface area (TPSA) is 62.2 Å². The van der Waals surface area contributed by atoms with Crippen molar-refractivity contribution in [2.45, 2.75) is 19.4 Å². The SMILES string of the molecule is CCC(Nc1nccc2sccc12)C(=O)O. The number of thiophene rings is 1. The summed E-state index contributed by atoms with van der Waals surface area (Å²) in [6.45, 7) is 1.83. The quantitative estimate of drug-likeness (QED) is 0.856. The molecule has 0 aliphatic carbocycles. The number of carbonyl (C=O) groups is 1. The van der Waals surface area contributed by atoms with Crippen LogP contribution in [0.2, 0.25) is 0 Å². The third-order valence-electron chi connectivity index (χ3n) is 2.40. The Morgan fingerprint density at radius 2 is 2.44 bits per heavy atom. The van der Waals surface area contributed by atoms with Gasteiger partial charge in [-0.15, -0.1) is 11.3 Å². The number of anilines is 1. The Bertz CT molecular complexity index is 509. The van der Waals surface area contributed by atoms with E-state index < -0.39 is 12.0 Å². The summed E-state index contributed by atoms with van der Waals surface area (Å²) in [7, 11) is 0. The van der Waals surface area contributed by atoms with E-state index >= 15 is 0 Å². The fraction of sp³-hybridized carbons (Fsp3) is 0.273. The molecule has 4 nitrogen and oxygen atoms in total. The van der Waals surface area contributed by atoms with Gasteiger partial charge in [-0.25, -0.2) is 9.78 Å². The zero-order chi connectivity index (χ0) is 11.5. The van der Waals surface area contributed by atoms with Gasteiger partial charge < -0.3 is 10.4 Å². The van der Waals surface area contributed by atoms with Crippen molar-refractivity contribution in [3.63, 3.8) is 0 Å². The molecule has 0 amide bonds. The van der Waals surface area contributed by atoms with Crippen LogP contribution >= 0.6 is 11.3 Å². The molecule has 0 aliphatic rings. The number of aliphatic carboxylic acids is 1. The summed E-state index contributed by atoms with van der Waals surface area (Å²) in [5.74, 6) is -0.204. The molecule has 0 radical (unpaired) electrons. The van der Waals surface area contributed by atoms with E-state index in [0.29, 0.717) is 12.2 Å². The fourth-order valence-electron chi connectivity index (χ4n) is 1.51. The highest BCUT2D eigenvalue weighted by atomic mass is 32.1. The van der Waals surface area contributed by atoms with Gasteiger partial charge in [0.1, 0.15) is 11.9 Å². The fourth-order valence-corrected chi connectivity index (χ4v) is 2.30. The van der Waals surface area contributed by atoms with Crippen molar-refractivity contribution in [3.8, 4) is 0 Å². The molecule has 16 heavy (non-hydrogen) atoms. The van der Waals surface area contributed by atoms with Crippen LogP contribution in [0.5, 0.6) is 0 Å². The van der Waals surface area contributed by atoms with E-state index in [4.69, 9.17) is 5.11 Å². The van der Waals surface area contributed by atoms with Gasteiger partial charge in [0.15, 0.2) is 0 Å². The first-order valence-electron chi connectivity index (χ1n) is 5.04. The van der Waals surface area contributed by atoms with E-state index in [-0.39, 0.29) is 0 Å². The lowest BCUT2D eigenvalue weighted by molar-refractivity contribution is -0.137. The van der Waals surface area contributed by atoms with Gasteiger partial charge in [0, 0.05) is 16.3 Å². The van der Waals surface area contributed by atoms with Gasteiger partial charge in [-0.3, -0.25) is 0 Å². The Balaban J connectivity index is 2.33. The number of pyridine rings is 1. The van der Waals surface area contributed by atoms with Crippen LogP contribution in [-0.2, 0) is 4.79 Å². The molecular weight excluding hydrogens is 224 g/mol. The largest absolute Gasteiger partial charge is 0.480 e. The van der Waals surface area contributed by atoms with Gasteiger partial charge >= 0.3 is 5.97 Å². The van der Waals surface area contributed by atoms with Gasteiger partial charge in [0.2, 0.25) is 0 Å². The molecule has 2 rings (SSSR count). The monoisotopic (exact) mass is 236 g/mol. The van der Waals surface area contributed by atoms with Crippen LogP contribution in [0, 0.1) is 0 Å². The molecule has 0 fully saturated rings. The molecule has 0 saturated heterocycles. The van der Waals surface area contributed by atoms with Crippen molar-refractivity contribution in [1.29, 1.82) is 0 Å². The lowest BCUT2D eigenvalue weighted by Gasteiger charge is -2.13. The Labute approximate surface area is 96.9 Å². The highest BCUT2D eigenvalue weighted by Gasteiger charge is 2.16. The number of hydrogen-bond donors (Lipinski definition) is 2. The van der Waals surface area contributed by atoms with E-state index in [1.54, 1.807) is 17.5 Å². The maximum absolute atomic E-state index is 10.9. The second-order valence-electron chi connectivity index (χ2n) is 3.44. The Hall–Kier alpha value is -1.62. The molecule has 0 aliphatic heterocycles. The molecule has 84 valence electrons. The molecular formula is C11H12N2O2S. The summed E-state index contributed by atoms with van der Waals surface area (Å²) in [4.78, 5) is 15.1. The van der Waals surface area contributed by atoms with E-state index in [1.807, 2.05) is 24.4 Å². The summed E-state index contributed by atoms with van der Waals surface area (Å²) < 4.78 is 1.11. The predicted octanol–water partition coefficient (Wildman–Crippen LogP) is 2.57. The summed E-state index contributed by atoms with van der Waals surface area (Å²) in [6.07, 6.45) is 2.22. The van der Waals surface area contributed by atoms with Gasteiger partial charge in [-0.2, -0.15) is 0 Å². The van der Waals surface area contributed by atoms with Gasteiger partial charge in [-0.1, -0.05) is 6.92 Å². The number of carboxylic acid groups (broad SMARTS) is 1. The van der Waals surface area contributed by atoms with Gasteiger partial charge in [-0.05, 0) is 23.9 Å². The molecule has 2 heterocycles. The van der Waals surface area contributed by atoms with E-state index in [2.05, 4.69) is 10.3 Å². The van der Waals surface area contributed by atoms with Crippen molar-refractivity contribution >= 4 is 33.2 Å². The lowest BCUT2D eigenvalue weighted by atomic mass is 10.2. The lowest BCUT2D eigenvalue weighted by Crippen LogP contribution is -2.28. The average molecular weight is 236 g/mol. The predicted molar refractivity (Wildman–Crippen MR) is 65.0 cm³/mol. The van der Waals surface area contributed by atoms with E-state index in [9.17, 15) is 4.79 Å². The Morgan fingerprint density at radius 3 is 3.12 bits per heavy atom. The number of rotatable bonds is 4. The molecule has 0 bridgehead atoms. The summed E-state index contributed by atoms with van der Waals surface area (Å²) >= 11 is 1.62. The van der Waals surface area contributed by atoms with Crippen molar-refractivity contribution in [1.82, 2.24) is 4.98 Å². The Kier molecular flexibility index (Phi) is 3.05. The molecule has 5 heteroatoms. The second-order valence-corrected chi connectivity index (χ2v) is 4.38. The number of nitrogens with zero attached hydrogens (tertiary/aromatic N) is 1. The molecule has 1 unspecified atom stereocenters. The maximum Gasteiger partial charge on any atom is 0.326 e. The minimum absolute atomic E-state index is 0.525. The Morgan fingerprint density at radius 1 is 1.62 bits per heavy atom. The molecule has 2 aromatic rings. The summed E-state index contributed by atoms with van der Waals surface area (Å²) in [6, 6.07) is 3.29. The third kappa shape index (κ3) is 1.99. The van der Waals surface area contributed by atoms with Crippen molar-refractivity contribution in [2.75, 3.05) is 5.32 Å². The minimum atomic E-state index is -0.850. The first kappa shape index (κ1) is 10.9. The van der Waals surface area contributed by atoms with Crippen molar-refractivity contribution < 1.29 is 9.90 Å². The van der Waals surface area contributed by atoms with Crippen LogP contribution in [0.1, 0.15) is 13.3 Å². The number of carboxylic acids is 1. The molecule has 2 N–H and O–H groups in total. The molecule has 0 saturated carbocycles. The zero-order valence-corrected chi connectivity index (χ0v) is 9.62. The maximum atomic E-state index is 10.9.